The Morgan fingerprint density at radius 3 is 2.31 bits per heavy atom. The molecule has 2 N–H and O–H groups in total. The summed E-state index contributed by atoms with van der Waals surface area (Å²) in [4.78, 5) is 13.7. The summed E-state index contributed by atoms with van der Waals surface area (Å²) in [5.41, 5.74) is 5.41. The SMILES string of the molecule is Cl.NCCC(=O)N1CC2C3CCC(O3)C2C1. The minimum absolute atomic E-state index is 0. The first kappa shape index (κ1) is 12.1. The minimum Gasteiger partial charge on any atom is -0.374 e. The zero-order valence-electron chi connectivity index (χ0n) is 9.30. The molecule has 2 bridgehead atoms. The molecule has 3 fully saturated rings. The maximum atomic E-state index is 11.7. The Balaban J connectivity index is 0.000000963. The molecule has 3 aliphatic rings. The second-order valence-electron chi connectivity index (χ2n) is 4.96. The average Bonchev–Trinajstić information content (AvgIpc) is 2.90. The van der Waals surface area contributed by atoms with Crippen LogP contribution in [0.3, 0.4) is 0 Å². The number of likely N-dealkylation sites (tertiary alicyclic amines) is 1. The first-order chi connectivity index (χ1) is 7.29. The molecule has 3 rings (SSSR count). The van der Waals surface area contributed by atoms with Crippen LogP contribution >= 0.6 is 12.4 Å². The van der Waals surface area contributed by atoms with E-state index in [1.165, 1.54) is 12.8 Å². The van der Waals surface area contributed by atoms with Gasteiger partial charge < -0.3 is 15.4 Å². The van der Waals surface area contributed by atoms with E-state index in [0.717, 1.165) is 13.1 Å². The molecule has 4 unspecified atom stereocenters. The summed E-state index contributed by atoms with van der Waals surface area (Å²) in [5, 5.41) is 0. The highest BCUT2D eigenvalue weighted by Crippen LogP contribution is 2.47. The van der Waals surface area contributed by atoms with Gasteiger partial charge >= 0.3 is 0 Å². The fraction of sp³-hybridized carbons (Fsp3) is 0.909. The number of halogens is 1. The summed E-state index contributed by atoms with van der Waals surface area (Å²) < 4.78 is 5.86. The van der Waals surface area contributed by atoms with E-state index in [9.17, 15) is 4.79 Å². The Kier molecular flexibility index (Phi) is 3.42. The third kappa shape index (κ3) is 1.73. The Hall–Kier alpha value is -0.320. The van der Waals surface area contributed by atoms with Gasteiger partial charge in [-0.1, -0.05) is 0 Å². The summed E-state index contributed by atoms with van der Waals surface area (Å²) in [6, 6.07) is 0. The Labute approximate surface area is 102 Å². The van der Waals surface area contributed by atoms with E-state index < -0.39 is 0 Å². The molecule has 1 amide bonds. The van der Waals surface area contributed by atoms with Gasteiger partial charge in [-0.3, -0.25) is 4.79 Å². The van der Waals surface area contributed by atoms with Gasteiger partial charge in [0, 0.05) is 37.9 Å². The van der Waals surface area contributed by atoms with E-state index in [1.54, 1.807) is 0 Å². The lowest BCUT2D eigenvalue weighted by molar-refractivity contribution is -0.130. The van der Waals surface area contributed by atoms with Gasteiger partial charge in [-0.15, -0.1) is 12.4 Å². The molecule has 3 heterocycles. The van der Waals surface area contributed by atoms with Crippen LogP contribution in [0.4, 0.5) is 0 Å². The summed E-state index contributed by atoms with van der Waals surface area (Å²) in [6.45, 7) is 2.28. The number of hydrogen-bond donors (Lipinski definition) is 1. The number of carbonyl (C=O) groups is 1. The third-order valence-corrected chi connectivity index (χ3v) is 4.16. The smallest absolute Gasteiger partial charge is 0.223 e. The lowest BCUT2D eigenvalue weighted by Crippen LogP contribution is -2.32. The molecule has 0 aromatic carbocycles. The molecule has 92 valence electrons. The Bertz CT molecular complexity index is 269. The first-order valence-electron chi connectivity index (χ1n) is 5.93. The van der Waals surface area contributed by atoms with Gasteiger partial charge in [0.25, 0.3) is 0 Å². The number of hydrogen-bond acceptors (Lipinski definition) is 3. The van der Waals surface area contributed by atoms with E-state index >= 15 is 0 Å². The summed E-state index contributed by atoms with van der Waals surface area (Å²) in [6.07, 6.45) is 3.77. The topological polar surface area (TPSA) is 55.6 Å². The van der Waals surface area contributed by atoms with Gasteiger partial charge in [0.05, 0.1) is 12.2 Å². The van der Waals surface area contributed by atoms with Crippen LogP contribution in [0.1, 0.15) is 19.3 Å². The summed E-state index contributed by atoms with van der Waals surface area (Å²) >= 11 is 0. The molecule has 0 radical (unpaired) electrons. The van der Waals surface area contributed by atoms with Crippen molar-refractivity contribution in [2.24, 2.45) is 17.6 Å². The van der Waals surface area contributed by atoms with Crippen LogP contribution in [0, 0.1) is 11.8 Å². The van der Waals surface area contributed by atoms with Crippen molar-refractivity contribution in [3.05, 3.63) is 0 Å². The van der Waals surface area contributed by atoms with E-state index in [2.05, 4.69) is 0 Å². The van der Waals surface area contributed by atoms with Crippen LogP contribution < -0.4 is 5.73 Å². The Morgan fingerprint density at radius 2 is 1.81 bits per heavy atom. The van der Waals surface area contributed by atoms with E-state index in [0.29, 0.717) is 37.0 Å². The van der Waals surface area contributed by atoms with E-state index in [4.69, 9.17) is 10.5 Å². The van der Waals surface area contributed by atoms with Crippen LogP contribution in [-0.2, 0) is 9.53 Å². The standard InChI is InChI=1S/C11H18N2O2.ClH/c12-4-3-11(14)13-5-7-8(6-13)10-2-1-9(7)15-10;/h7-10H,1-6,12H2;1H. The van der Waals surface area contributed by atoms with Crippen LogP contribution in [0.25, 0.3) is 0 Å². The highest BCUT2D eigenvalue weighted by molar-refractivity contribution is 5.85. The number of ether oxygens (including phenoxy) is 1. The van der Waals surface area contributed by atoms with Crippen LogP contribution in [-0.4, -0.2) is 42.6 Å². The first-order valence-corrected chi connectivity index (χ1v) is 5.93. The lowest BCUT2D eigenvalue weighted by Gasteiger charge is -2.18. The largest absolute Gasteiger partial charge is 0.374 e. The van der Waals surface area contributed by atoms with Crippen molar-refractivity contribution in [1.82, 2.24) is 4.90 Å². The average molecular weight is 247 g/mol. The molecule has 0 spiro atoms. The third-order valence-electron chi connectivity index (χ3n) is 4.16. The minimum atomic E-state index is 0. The highest BCUT2D eigenvalue weighted by atomic mass is 35.5. The van der Waals surface area contributed by atoms with E-state index in [1.807, 2.05) is 4.90 Å². The number of amides is 1. The fourth-order valence-electron chi connectivity index (χ4n) is 3.45. The van der Waals surface area contributed by atoms with Gasteiger partial charge in [0.1, 0.15) is 0 Å². The second-order valence-corrected chi connectivity index (χ2v) is 4.96. The highest BCUT2D eigenvalue weighted by Gasteiger charge is 2.53. The van der Waals surface area contributed by atoms with Gasteiger partial charge in [-0.2, -0.15) is 0 Å². The normalized spacial score (nSPS) is 39.7. The zero-order chi connectivity index (χ0) is 10.4. The second kappa shape index (κ2) is 4.51. The van der Waals surface area contributed by atoms with Gasteiger partial charge in [-0.25, -0.2) is 0 Å². The molecule has 0 aromatic heterocycles. The van der Waals surface area contributed by atoms with Crippen LogP contribution in [0.15, 0.2) is 0 Å². The van der Waals surface area contributed by atoms with Crippen molar-refractivity contribution in [3.63, 3.8) is 0 Å². The predicted octanol–water partition coefficient (Wildman–Crippen LogP) is 0.393. The van der Waals surface area contributed by atoms with Crippen molar-refractivity contribution >= 4 is 18.3 Å². The van der Waals surface area contributed by atoms with Crippen molar-refractivity contribution in [2.75, 3.05) is 19.6 Å². The molecule has 5 heteroatoms. The molecule has 4 atom stereocenters. The monoisotopic (exact) mass is 246 g/mol. The fourth-order valence-corrected chi connectivity index (χ4v) is 3.45. The molecule has 16 heavy (non-hydrogen) atoms. The van der Waals surface area contributed by atoms with Crippen molar-refractivity contribution in [3.8, 4) is 0 Å². The van der Waals surface area contributed by atoms with Gasteiger partial charge in [0.2, 0.25) is 5.91 Å². The summed E-state index contributed by atoms with van der Waals surface area (Å²) in [7, 11) is 0. The molecule has 0 aromatic rings. The molecule has 4 nitrogen and oxygen atoms in total. The maximum absolute atomic E-state index is 11.7. The van der Waals surface area contributed by atoms with Crippen LogP contribution in [0.5, 0.6) is 0 Å². The molecular weight excluding hydrogens is 228 g/mol. The van der Waals surface area contributed by atoms with Gasteiger partial charge in [0.15, 0.2) is 0 Å². The molecule has 0 aliphatic carbocycles. The Morgan fingerprint density at radius 1 is 1.25 bits per heavy atom. The number of rotatable bonds is 2. The molecule has 3 aliphatic heterocycles. The zero-order valence-corrected chi connectivity index (χ0v) is 10.1. The van der Waals surface area contributed by atoms with E-state index in [-0.39, 0.29) is 18.3 Å². The van der Waals surface area contributed by atoms with Crippen LogP contribution in [0.2, 0.25) is 0 Å². The molecule has 3 saturated heterocycles. The van der Waals surface area contributed by atoms with Crippen molar-refractivity contribution in [2.45, 2.75) is 31.5 Å². The number of fused-ring (bicyclic) bond motifs is 5. The van der Waals surface area contributed by atoms with Crippen molar-refractivity contribution in [1.29, 1.82) is 0 Å². The quantitative estimate of drug-likeness (QED) is 0.767. The lowest BCUT2D eigenvalue weighted by atomic mass is 9.82. The maximum Gasteiger partial charge on any atom is 0.223 e. The van der Waals surface area contributed by atoms with Crippen molar-refractivity contribution < 1.29 is 9.53 Å². The number of nitrogens with two attached hydrogens (primary N) is 1. The van der Waals surface area contributed by atoms with Gasteiger partial charge in [-0.05, 0) is 12.8 Å². The predicted molar refractivity (Wildman–Crippen MR) is 62.4 cm³/mol. The summed E-state index contributed by atoms with van der Waals surface area (Å²) in [5.74, 6) is 1.46. The molecule has 0 saturated carbocycles. The number of carbonyl (C=O) groups excluding carboxylic acids is 1. The number of nitrogens with zero attached hydrogens (tertiary/aromatic N) is 1. The molecular formula is C11H19ClN2O2.